The van der Waals surface area contributed by atoms with Crippen molar-refractivity contribution in [2.24, 2.45) is 0 Å². The highest BCUT2D eigenvalue weighted by Gasteiger charge is 2.36. The molecule has 1 unspecified atom stereocenters. The van der Waals surface area contributed by atoms with Crippen molar-refractivity contribution < 1.29 is 13.5 Å². The Labute approximate surface area is 114 Å². The lowest BCUT2D eigenvalue weighted by molar-refractivity contribution is 0.173. The summed E-state index contributed by atoms with van der Waals surface area (Å²) in [5, 5.41) is 9.79. The number of aliphatic hydroxyl groups is 1. The molecular weight excluding hydrogens is 262 g/mol. The summed E-state index contributed by atoms with van der Waals surface area (Å²) in [6.45, 7) is 3.79. The number of nitrogens with one attached hydrogen (secondary N) is 1. The van der Waals surface area contributed by atoms with Gasteiger partial charge >= 0.3 is 0 Å². The largest absolute Gasteiger partial charge is 0.388 e. The SMILES string of the molecule is CCC(O)c1cccc(S(=O)(=O)NC2(C)CCC2)c1. The molecule has 0 aromatic heterocycles. The molecule has 1 atom stereocenters. The predicted octanol–water partition coefficient (Wildman–Crippen LogP) is 2.35. The maximum atomic E-state index is 12.3. The molecule has 2 rings (SSSR count). The van der Waals surface area contributed by atoms with E-state index in [0.717, 1.165) is 19.3 Å². The fourth-order valence-electron chi connectivity index (χ4n) is 2.32. The topological polar surface area (TPSA) is 66.4 Å². The van der Waals surface area contributed by atoms with E-state index in [9.17, 15) is 13.5 Å². The number of benzene rings is 1. The number of sulfonamides is 1. The highest BCUT2D eigenvalue weighted by Crippen LogP contribution is 2.32. The molecule has 0 bridgehead atoms. The van der Waals surface area contributed by atoms with Crippen molar-refractivity contribution >= 4 is 10.0 Å². The molecule has 0 radical (unpaired) electrons. The van der Waals surface area contributed by atoms with Crippen LogP contribution >= 0.6 is 0 Å². The Morgan fingerprint density at radius 1 is 1.42 bits per heavy atom. The molecule has 106 valence electrons. The average molecular weight is 283 g/mol. The first kappa shape index (κ1) is 14.5. The Hall–Kier alpha value is -0.910. The minimum Gasteiger partial charge on any atom is -0.388 e. The van der Waals surface area contributed by atoms with E-state index in [0.29, 0.717) is 12.0 Å². The number of hydrogen-bond acceptors (Lipinski definition) is 3. The smallest absolute Gasteiger partial charge is 0.241 e. The van der Waals surface area contributed by atoms with Crippen LogP contribution in [0, 0.1) is 0 Å². The summed E-state index contributed by atoms with van der Waals surface area (Å²) in [7, 11) is -3.50. The zero-order chi connectivity index (χ0) is 14.1. The van der Waals surface area contributed by atoms with Crippen LogP contribution in [0.2, 0.25) is 0 Å². The first-order chi connectivity index (χ1) is 8.86. The molecule has 0 spiro atoms. The molecule has 2 N–H and O–H groups in total. The first-order valence-electron chi connectivity index (χ1n) is 6.68. The molecule has 1 aromatic rings. The van der Waals surface area contributed by atoms with Crippen LogP contribution in [0.15, 0.2) is 29.2 Å². The van der Waals surface area contributed by atoms with E-state index in [1.807, 2.05) is 13.8 Å². The number of hydrogen-bond donors (Lipinski definition) is 2. The molecule has 4 nitrogen and oxygen atoms in total. The van der Waals surface area contributed by atoms with Crippen molar-refractivity contribution in [2.45, 2.75) is 56.1 Å². The molecular formula is C14H21NO3S. The van der Waals surface area contributed by atoms with Gasteiger partial charge < -0.3 is 5.11 Å². The molecule has 1 aliphatic carbocycles. The van der Waals surface area contributed by atoms with Crippen LogP contribution < -0.4 is 4.72 Å². The monoisotopic (exact) mass is 283 g/mol. The van der Waals surface area contributed by atoms with Crippen LogP contribution in [0.4, 0.5) is 0 Å². The fourth-order valence-corrected chi connectivity index (χ4v) is 3.84. The third kappa shape index (κ3) is 3.16. The van der Waals surface area contributed by atoms with Crippen LogP contribution in [0.5, 0.6) is 0 Å². The zero-order valence-corrected chi connectivity index (χ0v) is 12.2. The molecule has 19 heavy (non-hydrogen) atoms. The van der Waals surface area contributed by atoms with Gasteiger partial charge in [-0.2, -0.15) is 0 Å². The van der Waals surface area contributed by atoms with Crippen LogP contribution in [0.3, 0.4) is 0 Å². The number of aliphatic hydroxyl groups excluding tert-OH is 1. The first-order valence-corrected chi connectivity index (χ1v) is 8.17. The van der Waals surface area contributed by atoms with Gasteiger partial charge in [0.2, 0.25) is 10.0 Å². The van der Waals surface area contributed by atoms with Gasteiger partial charge in [0.1, 0.15) is 0 Å². The summed E-state index contributed by atoms with van der Waals surface area (Å²) in [5.74, 6) is 0. The van der Waals surface area contributed by atoms with Crippen molar-refractivity contribution in [3.8, 4) is 0 Å². The van der Waals surface area contributed by atoms with Gasteiger partial charge in [0.25, 0.3) is 0 Å². The van der Waals surface area contributed by atoms with E-state index < -0.39 is 16.1 Å². The standard InChI is InChI=1S/C14H21NO3S/c1-3-13(16)11-6-4-7-12(10-11)19(17,18)15-14(2)8-5-9-14/h4,6-7,10,13,15-16H,3,5,8-9H2,1-2H3. The maximum absolute atomic E-state index is 12.3. The van der Waals surface area contributed by atoms with Gasteiger partial charge in [-0.25, -0.2) is 13.1 Å². The molecule has 5 heteroatoms. The van der Waals surface area contributed by atoms with E-state index in [2.05, 4.69) is 4.72 Å². The van der Waals surface area contributed by atoms with Crippen molar-refractivity contribution in [3.63, 3.8) is 0 Å². The van der Waals surface area contributed by atoms with Crippen molar-refractivity contribution in [1.29, 1.82) is 0 Å². The Kier molecular flexibility index (Phi) is 3.99. The summed E-state index contributed by atoms with van der Waals surface area (Å²) in [6.07, 6.45) is 2.77. The molecule has 1 saturated carbocycles. The second kappa shape index (κ2) is 5.23. The van der Waals surface area contributed by atoms with Crippen molar-refractivity contribution in [3.05, 3.63) is 29.8 Å². The van der Waals surface area contributed by atoms with Crippen LogP contribution in [-0.4, -0.2) is 19.1 Å². The lowest BCUT2D eigenvalue weighted by Gasteiger charge is -2.38. The van der Waals surface area contributed by atoms with Crippen molar-refractivity contribution in [1.82, 2.24) is 4.72 Å². The zero-order valence-electron chi connectivity index (χ0n) is 11.4. The molecule has 1 aromatic carbocycles. The summed E-state index contributed by atoms with van der Waals surface area (Å²) in [4.78, 5) is 0.227. The molecule has 1 fully saturated rings. The Balaban J connectivity index is 2.25. The van der Waals surface area contributed by atoms with Gasteiger partial charge in [-0.05, 0) is 50.3 Å². The second-order valence-corrected chi connectivity index (χ2v) is 7.20. The molecule has 0 amide bonds. The van der Waals surface area contributed by atoms with Crippen molar-refractivity contribution in [2.75, 3.05) is 0 Å². The lowest BCUT2D eigenvalue weighted by atomic mass is 9.80. The molecule has 1 aliphatic rings. The van der Waals surface area contributed by atoms with E-state index in [4.69, 9.17) is 0 Å². The summed E-state index contributed by atoms with van der Waals surface area (Å²) >= 11 is 0. The van der Waals surface area contributed by atoms with E-state index in [1.165, 1.54) is 0 Å². The third-order valence-electron chi connectivity index (χ3n) is 3.78. The third-order valence-corrected chi connectivity index (χ3v) is 5.41. The van der Waals surface area contributed by atoms with Gasteiger partial charge in [-0.15, -0.1) is 0 Å². The van der Waals surface area contributed by atoms with Gasteiger partial charge in [0, 0.05) is 5.54 Å². The maximum Gasteiger partial charge on any atom is 0.241 e. The van der Waals surface area contributed by atoms with Crippen LogP contribution in [0.25, 0.3) is 0 Å². The van der Waals surface area contributed by atoms with E-state index in [1.54, 1.807) is 24.3 Å². The quantitative estimate of drug-likeness (QED) is 0.871. The Morgan fingerprint density at radius 2 is 2.11 bits per heavy atom. The highest BCUT2D eigenvalue weighted by atomic mass is 32.2. The van der Waals surface area contributed by atoms with Crippen LogP contribution in [-0.2, 0) is 10.0 Å². The molecule has 0 aliphatic heterocycles. The van der Waals surface area contributed by atoms with Gasteiger partial charge in [0.15, 0.2) is 0 Å². The Bertz CT molecular complexity index is 550. The lowest BCUT2D eigenvalue weighted by Crippen LogP contribution is -2.50. The van der Waals surface area contributed by atoms with E-state index >= 15 is 0 Å². The fraction of sp³-hybridized carbons (Fsp3) is 0.571. The average Bonchev–Trinajstić information content (AvgIpc) is 2.35. The second-order valence-electron chi connectivity index (χ2n) is 5.52. The minimum atomic E-state index is -3.50. The normalized spacial score (nSPS) is 19.7. The molecule has 0 heterocycles. The molecule has 0 saturated heterocycles. The minimum absolute atomic E-state index is 0.227. The van der Waals surface area contributed by atoms with E-state index in [-0.39, 0.29) is 10.4 Å². The Morgan fingerprint density at radius 3 is 2.63 bits per heavy atom. The van der Waals surface area contributed by atoms with Gasteiger partial charge in [-0.1, -0.05) is 19.1 Å². The number of rotatable bonds is 5. The summed E-state index contributed by atoms with van der Waals surface area (Å²) < 4.78 is 27.4. The van der Waals surface area contributed by atoms with Gasteiger partial charge in [-0.3, -0.25) is 0 Å². The highest BCUT2D eigenvalue weighted by molar-refractivity contribution is 7.89. The summed E-state index contributed by atoms with van der Waals surface area (Å²) in [5.41, 5.74) is 0.335. The van der Waals surface area contributed by atoms with Gasteiger partial charge in [0.05, 0.1) is 11.0 Å². The van der Waals surface area contributed by atoms with Crippen LogP contribution in [0.1, 0.15) is 51.2 Å². The predicted molar refractivity (Wildman–Crippen MR) is 74.3 cm³/mol. The summed E-state index contributed by atoms with van der Waals surface area (Å²) in [6, 6.07) is 6.54.